The Balaban J connectivity index is 3.42. The maximum atomic E-state index is 13.6. The minimum atomic E-state index is -4.65. The van der Waals surface area contributed by atoms with E-state index in [1.54, 1.807) is 0 Å². The second-order valence-electron chi connectivity index (χ2n) is 3.32. The topological polar surface area (TPSA) is 26.3 Å². The Morgan fingerprint density at radius 2 is 1.94 bits per heavy atom. The molecule has 0 atom stereocenters. The van der Waals surface area contributed by atoms with E-state index in [0.29, 0.717) is 12.1 Å². The standard InChI is InChI=1S/C11H10F4O2/c1-3-17-9-5-7(11(13,14)15)4-8(6(2)16)10(9)12/h4-5H,3H2,1-2H3. The number of alkyl halides is 3. The average molecular weight is 250 g/mol. The highest BCUT2D eigenvalue weighted by atomic mass is 19.4. The Morgan fingerprint density at radius 1 is 1.35 bits per heavy atom. The molecule has 0 bridgehead atoms. The number of carbonyl (C=O) groups excluding carboxylic acids is 1. The second kappa shape index (κ2) is 4.73. The Hall–Kier alpha value is -1.59. The van der Waals surface area contributed by atoms with Gasteiger partial charge in [0, 0.05) is 0 Å². The third kappa shape index (κ3) is 2.95. The first kappa shape index (κ1) is 13.5. The van der Waals surface area contributed by atoms with Gasteiger partial charge in [-0.05, 0) is 26.0 Å². The minimum absolute atomic E-state index is 0.00950. The maximum Gasteiger partial charge on any atom is 0.416 e. The van der Waals surface area contributed by atoms with E-state index in [-0.39, 0.29) is 6.61 Å². The smallest absolute Gasteiger partial charge is 0.416 e. The average Bonchev–Trinajstić information content (AvgIpc) is 2.19. The van der Waals surface area contributed by atoms with Gasteiger partial charge in [-0.15, -0.1) is 0 Å². The van der Waals surface area contributed by atoms with Crippen LogP contribution in [-0.4, -0.2) is 12.4 Å². The lowest BCUT2D eigenvalue weighted by atomic mass is 10.1. The summed E-state index contributed by atoms with van der Waals surface area (Å²) in [4.78, 5) is 11.0. The molecule has 0 N–H and O–H groups in total. The molecule has 1 aromatic rings. The van der Waals surface area contributed by atoms with Crippen LogP contribution in [0.3, 0.4) is 0 Å². The number of benzene rings is 1. The highest BCUT2D eigenvalue weighted by Crippen LogP contribution is 2.34. The van der Waals surface area contributed by atoms with Crippen LogP contribution in [0, 0.1) is 5.82 Å². The summed E-state index contributed by atoms with van der Waals surface area (Å²) in [5.41, 5.74) is -1.73. The number of rotatable bonds is 3. The third-order valence-electron chi connectivity index (χ3n) is 2.05. The number of carbonyl (C=O) groups is 1. The van der Waals surface area contributed by atoms with Crippen LogP contribution in [0.4, 0.5) is 17.6 Å². The zero-order chi connectivity index (χ0) is 13.2. The minimum Gasteiger partial charge on any atom is -0.491 e. The number of Topliss-reactive ketones (excluding diaryl/α,β-unsaturated/α-hetero) is 1. The molecule has 0 saturated heterocycles. The Kier molecular flexibility index (Phi) is 3.75. The summed E-state index contributed by atoms with van der Waals surface area (Å²) < 4.78 is 55.8. The summed E-state index contributed by atoms with van der Waals surface area (Å²) in [6.07, 6.45) is -4.65. The Labute approximate surface area is 95.2 Å². The van der Waals surface area contributed by atoms with E-state index >= 15 is 0 Å². The van der Waals surface area contributed by atoms with Crippen LogP contribution in [0.25, 0.3) is 0 Å². The highest BCUT2D eigenvalue weighted by Gasteiger charge is 2.33. The van der Waals surface area contributed by atoms with E-state index in [1.807, 2.05) is 0 Å². The number of ketones is 1. The van der Waals surface area contributed by atoms with Crippen molar-refractivity contribution in [2.24, 2.45) is 0 Å². The van der Waals surface area contributed by atoms with E-state index in [0.717, 1.165) is 6.92 Å². The van der Waals surface area contributed by atoms with Crippen molar-refractivity contribution < 1.29 is 27.1 Å². The molecule has 0 unspecified atom stereocenters. The molecule has 0 spiro atoms. The number of ether oxygens (including phenoxy) is 1. The molecule has 0 radical (unpaired) electrons. The molecule has 0 aliphatic rings. The fraction of sp³-hybridized carbons (Fsp3) is 0.364. The molecule has 2 nitrogen and oxygen atoms in total. The van der Waals surface area contributed by atoms with E-state index in [1.165, 1.54) is 6.92 Å². The van der Waals surface area contributed by atoms with Crippen LogP contribution >= 0.6 is 0 Å². The molecule has 0 saturated carbocycles. The molecule has 0 fully saturated rings. The second-order valence-corrected chi connectivity index (χ2v) is 3.32. The van der Waals surface area contributed by atoms with Gasteiger partial charge in [0.05, 0.1) is 17.7 Å². The number of hydrogen-bond donors (Lipinski definition) is 0. The summed E-state index contributed by atoms with van der Waals surface area (Å²) in [5.74, 6) is -2.41. The van der Waals surface area contributed by atoms with Gasteiger partial charge in [-0.1, -0.05) is 0 Å². The first-order chi connectivity index (χ1) is 7.77. The number of halogens is 4. The molecule has 0 aromatic heterocycles. The Bertz CT molecular complexity index is 438. The molecule has 1 rings (SSSR count). The largest absolute Gasteiger partial charge is 0.491 e. The molecular formula is C11H10F4O2. The SMILES string of the molecule is CCOc1cc(C(F)(F)F)cc(C(C)=O)c1F. The van der Waals surface area contributed by atoms with E-state index in [4.69, 9.17) is 4.74 Å². The maximum absolute atomic E-state index is 13.6. The van der Waals surface area contributed by atoms with E-state index in [2.05, 4.69) is 0 Å². The van der Waals surface area contributed by atoms with Crippen LogP contribution in [0.2, 0.25) is 0 Å². The molecule has 17 heavy (non-hydrogen) atoms. The predicted molar refractivity (Wildman–Crippen MR) is 52.6 cm³/mol. The van der Waals surface area contributed by atoms with Crippen LogP contribution in [0.15, 0.2) is 12.1 Å². The van der Waals surface area contributed by atoms with Crippen molar-refractivity contribution >= 4 is 5.78 Å². The highest BCUT2D eigenvalue weighted by molar-refractivity contribution is 5.95. The summed E-state index contributed by atoms with van der Waals surface area (Å²) in [5, 5.41) is 0. The van der Waals surface area contributed by atoms with Crippen LogP contribution in [0.5, 0.6) is 5.75 Å². The third-order valence-corrected chi connectivity index (χ3v) is 2.05. The van der Waals surface area contributed by atoms with Gasteiger partial charge < -0.3 is 4.74 Å². The van der Waals surface area contributed by atoms with Gasteiger partial charge in [-0.25, -0.2) is 4.39 Å². The molecule has 0 aliphatic heterocycles. The van der Waals surface area contributed by atoms with Crippen molar-refractivity contribution in [1.29, 1.82) is 0 Å². The molecule has 0 aliphatic carbocycles. The van der Waals surface area contributed by atoms with Gasteiger partial charge in [-0.2, -0.15) is 13.2 Å². The summed E-state index contributed by atoms with van der Waals surface area (Å²) in [6, 6.07) is 1.03. The fourth-order valence-electron chi connectivity index (χ4n) is 1.28. The normalized spacial score (nSPS) is 11.4. The van der Waals surface area contributed by atoms with Gasteiger partial charge in [-0.3, -0.25) is 4.79 Å². The molecular weight excluding hydrogens is 240 g/mol. The monoisotopic (exact) mass is 250 g/mol. The molecule has 94 valence electrons. The molecule has 6 heteroatoms. The summed E-state index contributed by atoms with van der Waals surface area (Å²) in [6.45, 7) is 2.51. The van der Waals surface area contributed by atoms with E-state index < -0.39 is 34.7 Å². The summed E-state index contributed by atoms with van der Waals surface area (Å²) >= 11 is 0. The lowest BCUT2D eigenvalue weighted by molar-refractivity contribution is -0.137. The van der Waals surface area contributed by atoms with Crippen molar-refractivity contribution in [1.82, 2.24) is 0 Å². The predicted octanol–water partition coefficient (Wildman–Crippen LogP) is 3.45. The van der Waals surface area contributed by atoms with Crippen molar-refractivity contribution in [3.63, 3.8) is 0 Å². The zero-order valence-corrected chi connectivity index (χ0v) is 9.19. The van der Waals surface area contributed by atoms with Crippen LogP contribution < -0.4 is 4.74 Å². The van der Waals surface area contributed by atoms with Gasteiger partial charge >= 0.3 is 6.18 Å². The van der Waals surface area contributed by atoms with Crippen molar-refractivity contribution in [3.8, 4) is 5.75 Å². The van der Waals surface area contributed by atoms with Gasteiger partial charge in [0.1, 0.15) is 0 Å². The fourth-order valence-corrected chi connectivity index (χ4v) is 1.28. The number of hydrogen-bond acceptors (Lipinski definition) is 2. The van der Waals surface area contributed by atoms with E-state index in [9.17, 15) is 22.4 Å². The van der Waals surface area contributed by atoms with Crippen molar-refractivity contribution in [2.45, 2.75) is 20.0 Å². The van der Waals surface area contributed by atoms with Crippen molar-refractivity contribution in [3.05, 3.63) is 29.1 Å². The summed E-state index contributed by atoms with van der Waals surface area (Å²) in [7, 11) is 0. The first-order valence-corrected chi connectivity index (χ1v) is 4.81. The lowest BCUT2D eigenvalue weighted by Gasteiger charge is -2.12. The van der Waals surface area contributed by atoms with Gasteiger partial charge in [0.25, 0.3) is 0 Å². The molecule has 0 amide bonds. The first-order valence-electron chi connectivity index (χ1n) is 4.81. The Morgan fingerprint density at radius 3 is 2.35 bits per heavy atom. The molecule has 0 heterocycles. The lowest BCUT2D eigenvalue weighted by Crippen LogP contribution is -2.10. The van der Waals surface area contributed by atoms with Gasteiger partial charge in [0.15, 0.2) is 17.3 Å². The van der Waals surface area contributed by atoms with Crippen LogP contribution in [-0.2, 0) is 6.18 Å². The van der Waals surface area contributed by atoms with Crippen molar-refractivity contribution in [2.75, 3.05) is 6.61 Å². The van der Waals surface area contributed by atoms with Crippen LogP contribution in [0.1, 0.15) is 29.8 Å². The molecule has 1 aromatic carbocycles. The zero-order valence-electron chi connectivity index (χ0n) is 9.19. The van der Waals surface area contributed by atoms with Gasteiger partial charge in [0.2, 0.25) is 0 Å². The quantitative estimate of drug-likeness (QED) is 0.606.